The fourth-order valence-electron chi connectivity index (χ4n) is 2.42. The molecule has 2 N–H and O–H groups in total. The minimum absolute atomic E-state index is 0.136. The Morgan fingerprint density at radius 3 is 2.46 bits per heavy atom. The van der Waals surface area contributed by atoms with E-state index < -0.39 is 0 Å². The maximum Gasteiger partial charge on any atom is 0.319 e. The molecule has 26 heavy (non-hydrogen) atoms. The fraction of sp³-hybridized carbons (Fsp3) is 0.381. The summed E-state index contributed by atoms with van der Waals surface area (Å²) in [5, 5.41) is 6.26. The fourth-order valence-corrected chi connectivity index (χ4v) is 2.60. The maximum atomic E-state index is 11.9. The summed E-state index contributed by atoms with van der Waals surface area (Å²) in [6.45, 7) is 9.51. The molecule has 5 heteroatoms. The van der Waals surface area contributed by atoms with Crippen LogP contribution in [-0.2, 0) is 5.41 Å². The van der Waals surface area contributed by atoms with E-state index in [0.717, 1.165) is 17.7 Å². The number of halogens is 1. The van der Waals surface area contributed by atoms with Crippen molar-refractivity contribution in [1.82, 2.24) is 5.32 Å². The normalized spacial score (nSPS) is 11.1. The number of urea groups is 1. The van der Waals surface area contributed by atoms with Crippen molar-refractivity contribution in [2.75, 3.05) is 18.5 Å². The van der Waals surface area contributed by atoms with Crippen LogP contribution in [0.15, 0.2) is 42.5 Å². The van der Waals surface area contributed by atoms with Gasteiger partial charge in [-0.1, -0.05) is 50.6 Å². The molecule has 0 aliphatic rings. The Bertz CT molecular complexity index is 737. The average molecular weight is 375 g/mol. The molecular formula is C21H27ClN2O2. The van der Waals surface area contributed by atoms with Gasteiger partial charge in [-0.25, -0.2) is 4.79 Å². The second-order valence-corrected chi connectivity index (χ2v) is 7.68. The van der Waals surface area contributed by atoms with Crippen LogP contribution in [0.2, 0.25) is 5.02 Å². The van der Waals surface area contributed by atoms with Crippen LogP contribution >= 0.6 is 11.6 Å². The van der Waals surface area contributed by atoms with Crippen LogP contribution in [0.3, 0.4) is 0 Å². The summed E-state index contributed by atoms with van der Waals surface area (Å²) in [7, 11) is 0. The zero-order chi connectivity index (χ0) is 19.2. The smallest absolute Gasteiger partial charge is 0.319 e. The van der Waals surface area contributed by atoms with Gasteiger partial charge in [0, 0.05) is 17.3 Å². The van der Waals surface area contributed by atoms with E-state index in [1.54, 1.807) is 6.07 Å². The molecule has 0 saturated heterocycles. The Morgan fingerprint density at radius 2 is 1.81 bits per heavy atom. The molecule has 0 fully saturated rings. The minimum Gasteiger partial charge on any atom is -0.494 e. The van der Waals surface area contributed by atoms with Gasteiger partial charge in [0.2, 0.25) is 0 Å². The molecule has 0 aliphatic carbocycles. The first-order valence-electron chi connectivity index (χ1n) is 8.80. The molecule has 2 aromatic carbocycles. The number of anilines is 1. The summed E-state index contributed by atoms with van der Waals surface area (Å²) in [6, 6.07) is 13.3. The van der Waals surface area contributed by atoms with Gasteiger partial charge >= 0.3 is 6.03 Å². The van der Waals surface area contributed by atoms with Gasteiger partial charge in [0.15, 0.2) is 0 Å². The van der Waals surface area contributed by atoms with Gasteiger partial charge in [0.25, 0.3) is 0 Å². The maximum absolute atomic E-state index is 11.9. The van der Waals surface area contributed by atoms with Crippen molar-refractivity contribution in [2.45, 2.75) is 39.5 Å². The molecule has 0 spiro atoms. The summed E-state index contributed by atoms with van der Waals surface area (Å²) in [5.41, 5.74) is 2.98. The highest BCUT2D eigenvalue weighted by molar-refractivity contribution is 6.31. The van der Waals surface area contributed by atoms with E-state index in [-0.39, 0.29) is 11.4 Å². The van der Waals surface area contributed by atoms with E-state index in [1.165, 1.54) is 5.56 Å². The molecule has 0 aliphatic heterocycles. The van der Waals surface area contributed by atoms with E-state index in [9.17, 15) is 4.79 Å². The summed E-state index contributed by atoms with van der Waals surface area (Å²) in [6.07, 6.45) is 0.725. The van der Waals surface area contributed by atoms with Gasteiger partial charge in [-0.3, -0.25) is 0 Å². The van der Waals surface area contributed by atoms with E-state index in [0.29, 0.717) is 23.9 Å². The van der Waals surface area contributed by atoms with Gasteiger partial charge in [0.05, 0.1) is 6.61 Å². The Balaban J connectivity index is 1.69. The van der Waals surface area contributed by atoms with Crippen molar-refractivity contribution in [3.63, 3.8) is 0 Å². The molecule has 2 aromatic rings. The number of rotatable bonds is 6. The van der Waals surface area contributed by atoms with Crippen LogP contribution in [0.25, 0.3) is 0 Å². The van der Waals surface area contributed by atoms with E-state index in [4.69, 9.17) is 16.3 Å². The van der Waals surface area contributed by atoms with Crippen molar-refractivity contribution in [2.24, 2.45) is 0 Å². The lowest BCUT2D eigenvalue weighted by atomic mass is 9.87. The highest BCUT2D eigenvalue weighted by atomic mass is 35.5. The number of hydrogen-bond acceptors (Lipinski definition) is 2. The standard InChI is InChI=1S/C21H27ClN2O2/c1-15-18(22)7-5-8-19(15)24-20(25)23-13-6-14-26-17-11-9-16(10-12-17)21(2,3)4/h5,7-12H,6,13-14H2,1-4H3,(H2,23,24,25). The highest BCUT2D eigenvalue weighted by Crippen LogP contribution is 2.24. The molecule has 0 heterocycles. The molecule has 0 saturated carbocycles. The van der Waals surface area contributed by atoms with Gasteiger partial charge in [-0.15, -0.1) is 0 Å². The minimum atomic E-state index is -0.245. The number of benzene rings is 2. The highest BCUT2D eigenvalue weighted by Gasteiger charge is 2.12. The van der Waals surface area contributed by atoms with Crippen LogP contribution in [0.4, 0.5) is 10.5 Å². The number of nitrogens with one attached hydrogen (secondary N) is 2. The van der Waals surface area contributed by atoms with Crippen molar-refractivity contribution in [3.05, 3.63) is 58.6 Å². The topological polar surface area (TPSA) is 50.4 Å². The largest absolute Gasteiger partial charge is 0.494 e. The van der Waals surface area contributed by atoms with Crippen LogP contribution in [0.5, 0.6) is 5.75 Å². The van der Waals surface area contributed by atoms with Crippen molar-refractivity contribution < 1.29 is 9.53 Å². The second-order valence-electron chi connectivity index (χ2n) is 7.27. The molecule has 0 aromatic heterocycles. The van der Waals surface area contributed by atoms with Gasteiger partial charge in [-0.2, -0.15) is 0 Å². The molecular weight excluding hydrogens is 348 g/mol. The van der Waals surface area contributed by atoms with E-state index in [1.807, 2.05) is 31.2 Å². The Hall–Kier alpha value is -2.20. The van der Waals surface area contributed by atoms with Crippen LogP contribution in [0, 0.1) is 6.92 Å². The molecule has 2 rings (SSSR count). The summed E-state index contributed by atoms with van der Waals surface area (Å²) >= 11 is 6.05. The molecule has 2 amide bonds. The lowest BCUT2D eigenvalue weighted by molar-refractivity contribution is 0.250. The molecule has 0 atom stereocenters. The lowest BCUT2D eigenvalue weighted by Crippen LogP contribution is -2.30. The molecule has 0 unspecified atom stereocenters. The molecule has 140 valence electrons. The van der Waals surface area contributed by atoms with E-state index in [2.05, 4.69) is 43.5 Å². The van der Waals surface area contributed by atoms with Crippen LogP contribution < -0.4 is 15.4 Å². The molecule has 4 nitrogen and oxygen atoms in total. The Morgan fingerprint density at radius 1 is 1.12 bits per heavy atom. The molecule has 0 radical (unpaired) electrons. The van der Waals surface area contributed by atoms with E-state index >= 15 is 0 Å². The summed E-state index contributed by atoms with van der Waals surface area (Å²) in [5.74, 6) is 0.844. The third-order valence-corrected chi connectivity index (χ3v) is 4.52. The zero-order valence-corrected chi connectivity index (χ0v) is 16.6. The Labute approximate surface area is 160 Å². The van der Waals surface area contributed by atoms with Crippen LogP contribution in [-0.4, -0.2) is 19.2 Å². The Kier molecular flexibility index (Phi) is 6.92. The summed E-state index contributed by atoms with van der Waals surface area (Å²) in [4.78, 5) is 11.9. The third-order valence-electron chi connectivity index (χ3n) is 4.11. The number of ether oxygens (including phenoxy) is 1. The predicted octanol–water partition coefficient (Wildman–Crippen LogP) is 5.54. The monoisotopic (exact) mass is 374 g/mol. The van der Waals surface area contributed by atoms with Gasteiger partial charge < -0.3 is 15.4 Å². The predicted molar refractivity (Wildman–Crippen MR) is 108 cm³/mol. The first kappa shape index (κ1) is 20.1. The lowest BCUT2D eigenvalue weighted by Gasteiger charge is -2.19. The van der Waals surface area contributed by atoms with Crippen molar-refractivity contribution in [1.29, 1.82) is 0 Å². The number of amides is 2. The van der Waals surface area contributed by atoms with Crippen molar-refractivity contribution >= 4 is 23.3 Å². The number of carbonyl (C=O) groups excluding carboxylic acids is 1. The van der Waals surface area contributed by atoms with Gasteiger partial charge in [0.1, 0.15) is 5.75 Å². The number of carbonyl (C=O) groups is 1. The first-order valence-corrected chi connectivity index (χ1v) is 9.18. The molecule has 0 bridgehead atoms. The quantitative estimate of drug-likeness (QED) is 0.652. The van der Waals surface area contributed by atoms with Crippen LogP contribution in [0.1, 0.15) is 38.3 Å². The number of hydrogen-bond donors (Lipinski definition) is 2. The first-order chi connectivity index (χ1) is 12.3. The third kappa shape index (κ3) is 5.95. The zero-order valence-electron chi connectivity index (χ0n) is 15.9. The van der Waals surface area contributed by atoms with Crippen molar-refractivity contribution in [3.8, 4) is 5.75 Å². The average Bonchev–Trinajstić information content (AvgIpc) is 2.58. The van der Waals surface area contributed by atoms with Gasteiger partial charge in [-0.05, 0) is 54.2 Å². The second kappa shape index (κ2) is 8.95. The SMILES string of the molecule is Cc1c(Cl)cccc1NC(=O)NCCCOc1ccc(C(C)(C)C)cc1. The summed E-state index contributed by atoms with van der Waals surface area (Å²) < 4.78 is 5.72.